The molecule has 1 amide bonds. The summed E-state index contributed by atoms with van der Waals surface area (Å²) in [5, 5.41) is 6.60. The lowest BCUT2D eigenvalue weighted by Crippen LogP contribution is -2.14. The van der Waals surface area contributed by atoms with E-state index in [0.717, 1.165) is 17.5 Å². The lowest BCUT2D eigenvalue weighted by molar-refractivity contribution is 0.101. The van der Waals surface area contributed by atoms with Crippen molar-refractivity contribution in [3.8, 4) is 0 Å². The maximum atomic E-state index is 13.4. The van der Waals surface area contributed by atoms with Crippen LogP contribution in [0.3, 0.4) is 0 Å². The Kier molecular flexibility index (Phi) is 3.50. The Hall–Kier alpha value is -2.54. The molecular weight excluding hydrogens is 309 g/mol. The van der Waals surface area contributed by atoms with E-state index in [1.807, 2.05) is 19.9 Å². The number of carbonyl (C=O) groups excluding carboxylic acids is 1. The summed E-state index contributed by atoms with van der Waals surface area (Å²) >= 11 is 5.60. The van der Waals surface area contributed by atoms with Gasteiger partial charge in [-0.1, -0.05) is 11.6 Å². The number of aromatic nitrogens is 4. The smallest absolute Gasteiger partial charge is 0.295 e. The molecule has 0 saturated carbocycles. The Bertz CT molecular complexity index is 892. The summed E-state index contributed by atoms with van der Waals surface area (Å²) < 4.78 is 14.8. The molecule has 0 aliphatic rings. The second kappa shape index (κ2) is 5.34. The molecule has 8 heteroatoms. The number of anilines is 1. The van der Waals surface area contributed by atoms with Crippen molar-refractivity contribution in [2.75, 3.05) is 5.32 Å². The standard InChI is InChI=1S/C14H11ClFN5O/c1-7-5-8(2)21-14(17-7)19-12(20-21)13(22)18-9-3-4-10(15)11(16)6-9/h3-6H,1-2H3,(H,18,22). The van der Waals surface area contributed by atoms with E-state index in [1.54, 1.807) is 0 Å². The van der Waals surface area contributed by atoms with Crippen molar-refractivity contribution in [1.82, 2.24) is 19.6 Å². The van der Waals surface area contributed by atoms with Gasteiger partial charge in [0.2, 0.25) is 5.82 Å². The van der Waals surface area contributed by atoms with E-state index in [2.05, 4.69) is 20.4 Å². The van der Waals surface area contributed by atoms with Crippen LogP contribution in [-0.2, 0) is 0 Å². The minimum atomic E-state index is -0.615. The Labute approximate surface area is 130 Å². The summed E-state index contributed by atoms with van der Waals surface area (Å²) in [4.78, 5) is 20.4. The predicted octanol–water partition coefficient (Wildman–Crippen LogP) is 2.79. The average molecular weight is 320 g/mol. The highest BCUT2D eigenvalue weighted by atomic mass is 35.5. The van der Waals surface area contributed by atoms with Crippen molar-refractivity contribution in [2.24, 2.45) is 0 Å². The van der Waals surface area contributed by atoms with Gasteiger partial charge in [0.05, 0.1) is 5.02 Å². The number of halogens is 2. The highest BCUT2D eigenvalue weighted by Gasteiger charge is 2.15. The fourth-order valence-electron chi connectivity index (χ4n) is 2.02. The molecule has 0 spiro atoms. The molecule has 22 heavy (non-hydrogen) atoms. The molecule has 1 aromatic carbocycles. The van der Waals surface area contributed by atoms with Gasteiger partial charge in [-0.05, 0) is 38.1 Å². The molecule has 0 fully saturated rings. The van der Waals surface area contributed by atoms with Gasteiger partial charge < -0.3 is 5.32 Å². The summed E-state index contributed by atoms with van der Waals surface area (Å²) in [6.07, 6.45) is 0. The second-order valence-corrected chi connectivity index (χ2v) is 5.18. The third kappa shape index (κ3) is 2.62. The largest absolute Gasteiger partial charge is 0.319 e. The highest BCUT2D eigenvalue weighted by molar-refractivity contribution is 6.30. The Morgan fingerprint density at radius 1 is 1.27 bits per heavy atom. The van der Waals surface area contributed by atoms with Crippen molar-refractivity contribution >= 4 is 29.0 Å². The van der Waals surface area contributed by atoms with Crippen LogP contribution in [0.2, 0.25) is 5.02 Å². The van der Waals surface area contributed by atoms with Gasteiger partial charge in [-0.25, -0.2) is 13.9 Å². The van der Waals surface area contributed by atoms with Crippen LogP contribution in [-0.4, -0.2) is 25.5 Å². The van der Waals surface area contributed by atoms with Gasteiger partial charge in [-0.15, -0.1) is 5.10 Å². The first kappa shape index (κ1) is 14.4. The lowest BCUT2D eigenvalue weighted by atomic mass is 10.3. The summed E-state index contributed by atoms with van der Waals surface area (Å²) in [5.41, 5.74) is 1.86. The monoisotopic (exact) mass is 319 g/mol. The van der Waals surface area contributed by atoms with Crippen LogP contribution in [0.15, 0.2) is 24.3 Å². The highest BCUT2D eigenvalue weighted by Crippen LogP contribution is 2.19. The van der Waals surface area contributed by atoms with Crippen molar-refractivity contribution in [1.29, 1.82) is 0 Å². The molecular formula is C14H11ClFN5O. The molecule has 0 aliphatic heterocycles. The van der Waals surface area contributed by atoms with E-state index in [9.17, 15) is 9.18 Å². The van der Waals surface area contributed by atoms with Gasteiger partial charge in [-0.2, -0.15) is 4.98 Å². The number of rotatable bonds is 2. The average Bonchev–Trinajstić information content (AvgIpc) is 2.87. The number of nitrogens with zero attached hydrogens (tertiary/aromatic N) is 4. The van der Waals surface area contributed by atoms with Gasteiger partial charge in [0.1, 0.15) is 5.82 Å². The molecule has 0 radical (unpaired) electrons. The zero-order valence-corrected chi connectivity index (χ0v) is 12.5. The molecule has 0 atom stereocenters. The lowest BCUT2D eigenvalue weighted by Gasteiger charge is -2.03. The molecule has 2 heterocycles. The molecule has 0 aliphatic carbocycles. The van der Waals surface area contributed by atoms with Crippen LogP contribution < -0.4 is 5.32 Å². The maximum absolute atomic E-state index is 13.4. The van der Waals surface area contributed by atoms with Crippen molar-refractivity contribution in [3.63, 3.8) is 0 Å². The topological polar surface area (TPSA) is 72.2 Å². The van der Waals surface area contributed by atoms with Gasteiger partial charge in [0.15, 0.2) is 0 Å². The van der Waals surface area contributed by atoms with Gasteiger partial charge in [0.25, 0.3) is 11.7 Å². The fourth-order valence-corrected chi connectivity index (χ4v) is 2.14. The maximum Gasteiger partial charge on any atom is 0.295 e. The minimum Gasteiger partial charge on any atom is -0.319 e. The summed E-state index contributed by atoms with van der Waals surface area (Å²) in [7, 11) is 0. The first-order chi connectivity index (χ1) is 10.4. The second-order valence-electron chi connectivity index (χ2n) is 4.77. The number of hydrogen-bond acceptors (Lipinski definition) is 4. The first-order valence-electron chi connectivity index (χ1n) is 6.41. The number of benzene rings is 1. The van der Waals surface area contributed by atoms with Crippen LogP contribution in [0.4, 0.5) is 10.1 Å². The third-order valence-electron chi connectivity index (χ3n) is 3.00. The number of aryl methyl sites for hydroxylation is 2. The first-order valence-corrected chi connectivity index (χ1v) is 6.79. The van der Waals surface area contributed by atoms with Gasteiger partial charge >= 0.3 is 0 Å². The van der Waals surface area contributed by atoms with E-state index in [4.69, 9.17) is 11.6 Å². The zero-order chi connectivity index (χ0) is 15.9. The van der Waals surface area contributed by atoms with Gasteiger partial charge in [0, 0.05) is 17.1 Å². The Morgan fingerprint density at radius 3 is 2.77 bits per heavy atom. The molecule has 0 unspecified atom stereocenters. The quantitative estimate of drug-likeness (QED) is 0.788. The number of nitrogens with one attached hydrogen (secondary N) is 1. The number of amides is 1. The fraction of sp³-hybridized carbons (Fsp3) is 0.143. The molecule has 3 rings (SSSR count). The van der Waals surface area contributed by atoms with Crippen LogP contribution in [0.1, 0.15) is 22.0 Å². The van der Waals surface area contributed by atoms with E-state index in [-0.39, 0.29) is 16.5 Å². The molecule has 112 valence electrons. The number of hydrogen-bond donors (Lipinski definition) is 1. The van der Waals surface area contributed by atoms with E-state index < -0.39 is 11.7 Å². The van der Waals surface area contributed by atoms with E-state index >= 15 is 0 Å². The summed E-state index contributed by atoms with van der Waals surface area (Å²) in [6, 6.07) is 5.81. The zero-order valence-electron chi connectivity index (χ0n) is 11.8. The Balaban J connectivity index is 1.91. The molecule has 2 aromatic heterocycles. The van der Waals surface area contributed by atoms with Crippen molar-refractivity contribution in [3.05, 3.63) is 52.3 Å². The predicted molar refractivity (Wildman–Crippen MR) is 79.6 cm³/mol. The van der Waals surface area contributed by atoms with Crippen LogP contribution in [0, 0.1) is 19.7 Å². The van der Waals surface area contributed by atoms with E-state index in [1.165, 1.54) is 16.6 Å². The SMILES string of the molecule is Cc1cc(C)n2nc(C(=O)Nc3ccc(Cl)c(F)c3)nc2n1. The molecule has 0 bridgehead atoms. The van der Waals surface area contributed by atoms with Gasteiger partial charge in [-0.3, -0.25) is 4.79 Å². The third-order valence-corrected chi connectivity index (χ3v) is 3.31. The summed E-state index contributed by atoms with van der Waals surface area (Å²) in [5.74, 6) is -0.874. The normalized spacial score (nSPS) is 10.9. The molecule has 3 aromatic rings. The Morgan fingerprint density at radius 2 is 2.05 bits per heavy atom. The van der Waals surface area contributed by atoms with Crippen molar-refractivity contribution in [2.45, 2.75) is 13.8 Å². The van der Waals surface area contributed by atoms with Crippen LogP contribution in [0.5, 0.6) is 0 Å². The molecule has 0 saturated heterocycles. The number of carbonyl (C=O) groups is 1. The van der Waals surface area contributed by atoms with Crippen LogP contribution >= 0.6 is 11.6 Å². The van der Waals surface area contributed by atoms with E-state index in [0.29, 0.717) is 5.78 Å². The number of fused-ring (bicyclic) bond motifs is 1. The van der Waals surface area contributed by atoms with Crippen LogP contribution in [0.25, 0.3) is 5.78 Å². The summed E-state index contributed by atoms with van der Waals surface area (Å²) in [6.45, 7) is 3.67. The minimum absolute atomic E-state index is 0.0147. The molecule has 6 nitrogen and oxygen atoms in total. The molecule has 1 N–H and O–H groups in total. The van der Waals surface area contributed by atoms with Crippen molar-refractivity contribution < 1.29 is 9.18 Å².